The second kappa shape index (κ2) is 10.3. The van der Waals surface area contributed by atoms with Crippen molar-refractivity contribution in [1.82, 2.24) is 15.2 Å². The molecule has 2 amide bonds. The maximum Gasteiger partial charge on any atom is 0.243 e. The second-order valence-corrected chi connectivity index (χ2v) is 9.44. The van der Waals surface area contributed by atoms with E-state index < -0.39 is 18.3 Å². The van der Waals surface area contributed by atoms with E-state index in [4.69, 9.17) is 0 Å². The van der Waals surface area contributed by atoms with Crippen LogP contribution in [0.2, 0.25) is 0 Å². The van der Waals surface area contributed by atoms with E-state index in [1.807, 2.05) is 42.5 Å². The fourth-order valence-electron chi connectivity index (χ4n) is 4.21. The lowest BCUT2D eigenvalue weighted by Gasteiger charge is -2.27. The van der Waals surface area contributed by atoms with Gasteiger partial charge in [0.2, 0.25) is 11.8 Å². The van der Waals surface area contributed by atoms with Crippen molar-refractivity contribution in [2.45, 2.75) is 50.9 Å². The van der Waals surface area contributed by atoms with Crippen LogP contribution in [0.5, 0.6) is 0 Å². The van der Waals surface area contributed by atoms with Gasteiger partial charge in [-0.15, -0.1) is 11.3 Å². The zero-order valence-corrected chi connectivity index (χ0v) is 19.6. The molecule has 0 aliphatic carbocycles. The number of aromatic nitrogens is 1. The Morgan fingerprint density at radius 1 is 1.09 bits per heavy atom. The molecule has 0 bridgehead atoms. The summed E-state index contributed by atoms with van der Waals surface area (Å²) in [6.45, 7) is 4.20. The third-order valence-electron chi connectivity index (χ3n) is 6.04. The summed E-state index contributed by atoms with van der Waals surface area (Å²) >= 11 is 1.40. The number of amides is 2. The Hall–Kier alpha value is -3.06. The van der Waals surface area contributed by atoms with Crippen LogP contribution < -0.4 is 5.32 Å². The van der Waals surface area contributed by atoms with E-state index in [9.17, 15) is 14.0 Å². The molecule has 1 saturated heterocycles. The molecule has 1 aliphatic heterocycles. The van der Waals surface area contributed by atoms with Crippen molar-refractivity contribution in [1.29, 1.82) is 0 Å². The van der Waals surface area contributed by atoms with E-state index in [0.29, 0.717) is 11.6 Å². The molecule has 7 heteroatoms. The van der Waals surface area contributed by atoms with E-state index in [0.717, 1.165) is 11.1 Å². The molecule has 5 nitrogen and oxygen atoms in total. The highest BCUT2D eigenvalue weighted by Gasteiger charge is 2.40. The standard InChI is InChI=1S/C26H28FN3O2S/c1-17(2)18-8-10-20(11-9-18)25(19-6-4-3-5-7-19)29-26(32)23-12-21(27)14-30(23)24(31)13-22-15-33-16-28-22/h3-11,15-17,21,23,25H,12-14H2,1-2H3,(H,29,32)/t21-,23+,25+/m1/s1. The SMILES string of the molecule is CC(C)c1ccc([C@@H](NC(=O)[C@@H]2C[C@@H](F)CN2C(=O)Cc2cscn2)c2ccccc2)cc1. The predicted molar refractivity (Wildman–Crippen MR) is 128 cm³/mol. The smallest absolute Gasteiger partial charge is 0.243 e. The molecular weight excluding hydrogens is 437 g/mol. The van der Waals surface area contributed by atoms with Gasteiger partial charge in [0.1, 0.15) is 12.2 Å². The van der Waals surface area contributed by atoms with Crippen molar-refractivity contribution in [2.75, 3.05) is 6.54 Å². The number of carbonyl (C=O) groups is 2. The third kappa shape index (κ3) is 5.47. The van der Waals surface area contributed by atoms with Crippen LogP contribution in [-0.2, 0) is 16.0 Å². The number of nitrogens with one attached hydrogen (secondary N) is 1. The van der Waals surface area contributed by atoms with E-state index in [1.165, 1.54) is 21.8 Å². The fourth-order valence-corrected chi connectivity index (χ4v) is 4.77. The van der Waals surface area contributed by atoms with Gasteiger partial charge in [0.25, 0.3) is 0 Å². The Kier molecular flexibility index (Phi) is 7.18. The van der Waals surface area contributed by atoms with Crippen molar-refractivity contribution in [3.05, 3.63) is 87.9 Å². The third-order valence-corrected chi connectivity index (χ3v) is 6.68. The first-order valence-electron chi connectivity index (χ1n) is 11.2. The van der Waals surface area contributed by atoms with Gasteiger partial charge in [-0.2, -0.15) is 0 Å². The molecule has 172 valence electrons. The quantitative estimate of drug-likeness (QED) is 0.552. The number of hydrogen-bond acceptors (Lipinski definition) is 4. The van der Waals surface area contributed by atoms with E-state index in [-0.39, 0.29) is 31.2 Å². The van der Waals surface area contributed by atoms with Gasteiger partial charge in [0.05, 0.1) is 30.2 Å². The normalized spacial score (nSPS) is 19.0. The maximum absolute atomic E-state index is 14.3. The molecule has 2 heterocycles. The lowest BCUT2D eigenvalue weighted by atomic mass is 9.95. The highest BCUT2D eigenvalue weighted by atomic mass is 32.1. The Morgan fingerprint density at radius 3 is 2.39 bits per heavy atom. The van der Waals surface area contributed by atoms with Gasteiger partial charge in [-0.05, 0) is 22.6 Å². The van der Waals surface area contributed by atoms with E-state index >= 15 is 0 Å². The first-order valence-corrected chi connectivity index (χ1v) is 12.1. The minimum absolute atomic E-state index is 0.00242. The van der Waals surface area contributed by atoms with Crippen LogP contribution in [0.25, 0.3) is 0 Å². The summed E-state index contributed by atoms with van der Waals surface area (Å²) in [5, 5.41) is 4.89. The predicted octanol–water partition coefficient (Wildman–Crippen LogP) is 4.65. The van der Waals surface area contributed by atoms with Gasteiger partial charge < -0.3 is 10.2 Å². The summed E-state index contributed by atoms with van der Waals surface area (Å²) in [6, 6.07) is 16.6. The molecular formula is C26H28FN3O2S. The zero-order valence-electron chi connectivity index (χ0n) is 18.8. The molecule has 3 atom stereocenters. The summed E-state index contributed by atoms with van der Waals surface area (Å²) in [5.74, 6) is -0.219. The largest absolute Gasteiger partial charge is 0.343 e. The highest BCUT2D eigenvalue weighted by Crippen LogP contribution is 2.27. The van der Waals surface area contributed by atoms with Crippen molar-refractivity contribution in [3.8, 4) is 0 Å². The number of nitrogens with zero attached hydrogens (tertiary/aromatic N) is 2. The first-order chi connectivity index (χ1) is 15.9. The average Bonchev–Trinajstić information content (AvgIpc) is 3.47. The number of benzene rings is 2. The van der Waals surface area contributed by atoms with Gasteiger partial charge in [-0.25, -0.2) is 9.37 Å². The van der Waals surface area contributed by atoms with E-state index in [2.05, 4.69) is 36.3 Å². The number of alkyl halides is 1. The summed E-state index contributed by atoms with van der Waals surface area (Å²) in [6.07, 6.45) is -1.15. The van der Waals surface area contributed by atoms with Crippen LogP contribution in [0.4, 0.5) is 4.39 Å². The molecule has 1 aliphatic rings. The first kappa shape index (κ1) is 23.1. The van der Waals surface area contributed by atoms with Gasteiger partial charge in [-0.3, -0.25) is 9.59 Å². The fraction of sp³-hybridized carbons (Fsp3) is 0.346. The molecule has 0 radical (unpaired) electrons. The van der Waals surface area contributed by atoms with Crippen LogP contribution in [0, 0.1) is 0 Å². The lowest BCUT2D eigenvalue weighted by Crippen LogP contribution is -2.47. The summed E-state index contributed by atoms with van der Waals surface area (Å²) < 4.78 is 14.3. The van der Waals surface area contributed by atoms with Crippen LogP contribution in [0.15, 0.2) is 65.5 Å². The van der Waals surface area contributed by atoms with Gasteiger partial charge in [0.15, 0.2) is 0 Å². The number of carbonyl (C=O) groups excluding carboxylic acids is 2. The molecule has 33 heavy (non-hydrogen) atoms. The summed E-state index contributed by atoms with van der Waals surface area (Å²) in [7, 11) is 0. The number of thiazole rings is 1. The van der Waals surface area contributed by atoms with Crippen molar-refractivity contribution >= 4 is 23.2 Å². The van der Waals surface area contributed by atoms with Crippen LogP contribution >= 0.6 is 11.3 Å². The zero-order chi connectivity index (χ0) is 23.4. The molecule has 0 unspecified atom stereocenters. The van der Waals surface area contributed by atoms with Crippen LogP contribution in [0.1, 0.15) is 54.6 Å². The minimum Gasteiger partial charge on any atom is -0.343 e. The molecule has 1 aromatic heterocycles. The Labute approximate surface area is 197 Å². The molecule has 0 saturated carbocycles. The lowest BCUT2D eigenvalue weighted by molar-refractivity contribution is -0.138. The molecule has 0 spiro atoms. The molecule has 3 aromatic rings. The van der Waals surface area contributed by atoms with Crippen LogP contribution in [0.3, 0.4) is 0 Å². The van der Waals surface area contributed by atoms with Gasteiger partial charge >= 0.3 is 0 Å². The van der Waals surface area contributed by atoms with Crippen molar-refractivity contribution in [2.24, 2.45) is 0 Å². The van der Waals surface area contributed by atoms with Gasteiger partial charge in [0, 0.05) is 11.8 Å². The summed E-state index contributed by atoms with van der Waals surface area (Å²) in [5.41, 5.74) is 5.38. The van der Waals surface area contributed by atoms with Crippen LogP contribution in [-0.4, -0.2) is 40.5 Å². The molecule has 1 N–H and O–H groups in total. The van der Waals surface area contributed by atoms with Crippen molar-refractivity contribution in [3.63, 3.8) is 0 Å². The van der Waals surface area contributed by atoms with Crippen molar-refractivity contribution < 1.29 is 14.0 Å². The van der Waals surface area contributed by atoms with E-state index in [1.54, 1.807) is 10.9 Å². The van der Waals surface area contributed by atoms with Gasteiger partial charge in [-0.1, -0.05) is 68.4 Å². The number of halogens is 1. The molecule has 1 fully saturated rings. The molecule has 2 aromatic carbocycles. The summed E-state index contributed by atoms with van der Waals surface area (Å²) in [4.78, 5) is 31.7. The molecule has 4 rings (SSSR count). The second-order valence-electron chi connectivity index (χ2n) is 8.73. The number of rotatable bonds is 7. The number of likely N-dealkylation sites (tertiary alicyclic amines) is 1. The minimum atomic E-state index is -1.22. The average molecular weight is 466 g/mol. The Balaban J connectivity index is 1.56. The topological polar surface area (TPSA) is 62.3 Å². The Bertz CT molecular complexity index is 1070. The number of hydrogen-bond donors (Lipinski definition) is 1. The highest BCUT2D eigenvalue weighted by molar-refractivity contribution is 7.07. The maximum atomic E-state index is 14.3. The monoisotopic (exact) mass is 465 g/mol. The Morgan fingerprint density at radius 2 is 1.76 bits per heavy atom.